The molecule has 1 aromatic carbocycles. The maximum Gasteiger partial charge on any atom is 0.178 e. The second kappa shape index (κ2) is 7.93. The smallest absolute Gasteiger partial charge is 0.178 e. The molecule has 5 rings (SSSR count). The predicted octanol–water partition coefficient (Wildman–Crippen LogP) is 4.56. The van der Waals surface area contributed by atoms with E-state index in [1.54, 1.807) is 6.20 Å². The lowest BCUT2D eigenvalue weighted by Crippen LogP contribution is -2.36. The number of benzene rings is 1. The van der Waals surface area contributed by atoms with Crippen molar-refractivity contribution in [2.24, 2.45) is 0 Å². The highest BCUT2D eigenvalue weighted by Crippen LogP contribution is 2.31. The van der Waals surface area contributed by atoms with E-state index in [9.17, 15) is 0 Å². The third-order valence-electron chi connectivity index (χ3n) is 5.09. The standard InChI is InChI=1S/C22H21ClN6O/c1-14-10-19-22(25-12-14)28-21(27-19)17-11-15(2-4-18(17)23)26-20-5-3-16(13-24-20)29-6-8-30-9-7-29/h2-5,10-13H,6-9H2,1H3,(H,24,26)(H,25,27,28). The predicted molar refractivity (Wildman–Crippen MR) is 120 cm³/mol. The van der Waals surface area contributed by atoms with Crippen LogP contribution in [0.3, 0.4) is 0 Å². The second-order valence-electron chi connectivity index (χ2n) is 7.29. The Morgan fingerprint density at radius 2 is 1.93 bits per heavy atom. The van der Waals surface area contributed by atoms with E-state index >= 15 is 0 Å². The number of morpholine rings is 1. The number of aryl methyl sites for hydroxylation is 1. The van der Waals surface area contributed by atoms with Crippen LogP contribution in [0.15, 0.2) is 48.8 Å². The summed E-state index contributed by atoms with van der Waals surface area (Å²) in [6, 6.07) is 11.8. The molecule has 1 aliphatic heterocycles. The SMILES string of the molecule is Cc1cnc2nc(-c3cc(Nc4ccc(N5CCOCC5)cn4)ccc3Cl)[nH]c2c1. The highest BCUT2D eigenvalue weighted by molar-refractivity contribution is 6.33. The number of rotatable bonds is 4. The first kappa shape index (κ1) is 18.8. The Morgan fingerprint density at radius 1 is 1.07 bits per heavy atom. The Morgan fingerprint density at radius 3 is 2.73 bits per heavy atom. The minimum Gasteiger partial charge on any atom is -0.378 e. The van der Waals surface area contributed by atoms with E-state index in [0.29, 0.717) is 16.5 Å². The zero-order valence-electron chi connectivity index (χ0n) is 16.5. The van der Waals surface area contributed by atoms with Crippen molar-refractivity contribution in [2.75, 3.05) is 36.5 Å². The number of aromatic amines is 1. The maximum absolute atomic E-state index is 6.46. The molecular formula is C22H21ClN6O. The first-order chi connectivity index (χ1) is 14.7. The number of nitrogens with one attached hydrogen (secondary N) is 2. The molecule has 1 fully saturated rings. The van der Waals surface area contributed by atoms with E-state index in [4.69, 9.17) is 16.3 Å². The Labute approximate surface area is 179 Å². The Balaban J connectivity index is 1.39. The molecule has 0 atom stereocenters. The molecule has 152 valence electrons. The summed E-state index contributed by atoms with van der Waals surface area (Å²) in [5, 5.41) is 3.96. The third kappa shape index (κ3) is 3.81. The monoisotopic (exact) mass is 420 g/mol. The molecule has 7 nitrogen and oxygen atoms in total. The number of aromatic nitrogens is 4. The van der Waals surface area contributed by atoms with Crippen molar-refractivity contribution in [3.63, 3.8) is 0 Å². The lowest BCUT2D eigenvalue weighted by molar-refractivity contribution is 0.122. The molecule has 30 heavy (non-hydrogen) atoms. The van der Waals surface area contributed by atoms with Gasteiger partial charge in [-0.2, -0.15) is 0 Å². The van der Waals surface area contributed by atoms with Gasteiger partial charge in [0.15, 0.2) is 5.65 Å². The Hall–Kier alpha value is -3.16. The molecule has 0 radical (unpaired) electrons. The molecule has 0 amide bonds. The molecule has 4 aromatic rings. The summed E-state index contributed by atoms with van der Waals surface area (Å²) in [4.78, 5) is 19.1. The van der Waals surface area contributed by atoms with Crippen LogP contribution in [-0.4, -0.2) is 46.2 Å². The summed E-state index contributed by atoms with van der Waals surface area (Å²) in [6.45, 7) is 5.29. The van der Waals surface area contributed by atoms with Crippen LogP contribution in [0, 0.1) is 6.92 Å². The molecule has 8 heteroatoms. The van der Waals surface area contributed by atoms with E-state index in [1.807, 2.05) is 43.5 Å². The molecular weight excluding hydrogens is 400 g/mol. The van der Waals surface area contributed by atoms with E-state index in [2.05, 4.69) is 36.2 Å². The minimum absolute atomic E-state index is 0.618. The third-order valence-corrected chi connectivity index (χ3v) is 5.42. The van der Waals surface area contributed by atoms with Crippen molar-refractivity contribution >= 4 is 40.0 Å². The highest BCUT2D eigenvalue weighted by atomic mass is 35.5. The molecule has 1 aliphatic rings. The van der Waals surface area contributed by atoms with Gasteiger partial charge in [-0.1, -0.05) is 11.6 Å². The number of fused-ring (bicyclic) bond motifs is 1. The van der Waals surface area contributed by atoms with Crippen molar-refractivity contribution in [1.29, 1.82) is 0 Å². The van der Waals surface area contributed by atoms with E-state index < -0.39 is 0 Å². The fourth-order valence-corrected chi connectivity index (χ4v) is 3.74. The van der Waals surface area contributed by atoms with Gasteiger partial charge in [-0.05, 0) is 48.9 Å². The molecule has 4 heterocycles. The quantitative estimate of drug-likeness (QED) is 0.503. The summed E-state index contributed by atoms with van der Waals surface area (Å²) >= 11 is 6.46. The van der Waals surface area contributed by atoms with Crippen molar-refractivity contribution in [1.82, 2.24) is 19.9 Å². The van der Waals surface area contributed by atoms with Gasteiger partial charge in [-0.3, -0.25) is 0 Å². The van der Waals surface area contributed by atoms with Gasteiger partial charge >= 0.3 is 0 Å². The number of H-pyrrole nitrogens is 1. The van der Waals surface area contributed by atoms with Crippen LogP contribution in [-0.2, 0) is 4.74 Å². The molecule has 0 unspecified atom stereocenters. The molecule has 3 aromatic heterocycles. The largest absolute Gasteiger partial charge is 0.378 e. The van der Waals surface area contributed by atoms with E-state index in [1.165, 1.54) is 0 Å². The van der Waals surface area contributed by atoms with Crippen LogP contribution in [0.25, 0.3) is 22.6 Å². The molecule has 0 spiro atoms. The Bertz CT molecular complexity index is 1180. The first-order valence-corrected chi connectivity index (χ1v) is 10.2. The van der Waals surface area contributed by atoms with Crippen molar-refractivity contribution in [3.8, 4) is 11.4 Å². The zero-order valence-corrected chi connectivity index (χ0v) is 17.3. The fourth-order valence-electron chi connectivity index (χ4n) is 3.53. The number of hydrogen-bond donors (Lipinski definition) is 2. The summed E-state index contributed by atoms with van der Waals surface area (Å²) in [6.07, 6.45) is 3.69. The number of anilines is 3. The number of imidazole rings is 1. The van der Waals surface area contributed by atoms with Gasteiger partial charge in [0.25, 0.3) is 0 Å². The highest BCUT2D eigenvalue weighted by Gasteiger charge is 2.13. The van der Waals surface area contributed by atoms with Gasteiger partial charge in [0.05, 0.1) is 35.6 Å². The van der Waals surface area contributed by atoms with Gasteiger partial charge < -0.3 is 19.9 Å². The van der Waals surface area contributed by atoms with Gasteiger partial charge in [-0.15, -0.1) is 0 Å². The fraction of sp³-hybridized carbons (Fsp3) is 0.227. The van der Waals surface area contributed by atoms with Crippen LogP contribution in [0.1, 0.15) is 5.56 Å². The van der Waals surface area contributed by atoms with Gasteiger partial charge in [0, 0.05) is 30.5 Å². The van der Waals surface area contributed by atoms with Crippen LogP contribution in [0.5, 0.6) is 0 Å². The molecule has 0 saturated carbocycles. The summed E-state index contributed by atoms with van der Waals surface area (Å²) in [5.74, 6) is 1.45. The number of hydrogen-bond acceptors (Lipinski definition) is 6. The zero-order chi connectivity index (χ0) is 20.5. The Kier molecular flexibility index (Phi) is 4.98. The van der Waals surface area contributed by atoms with Gasteiger partial charge in [0.1, 0.15) is 11.6 Å². The topological polar surface area (TPSA) is 79.0 Å². The second-order valence-corrected chi connectivity index (χ2v) is 7.70. The molecule has 0 bridgehead atoms. The lowest BCUT2D eigenvalue weighted by atomic mass is 10.2. The van der Waals surface area contributed by atoms with Crippen LogP contribution in [0.2, 0.25) is 5.02 Å². The van der Waals surface area contributed by atoms with E-state index in [-0.39, 0.29) is 0 Å². The average molecular weight is 421 g/mol. The van der Waals surface area contributed by atoms with Crippen molar-refractivity contribution in [3.05, 3.63) is 59.4 Å². The van der Waals surface area contributed by atoms with Crippen LogP contribution >= 0.6 is 11.6 Å². The number of pyridine rings is 2. The molecule has 0 aliphatic carbocycles. The van der Waals surface area contributed by atoms with Gasteiger partial charge in [-0.25, -0.2) is 15.0 Å². The van der Waals surface area contributed by atoms with Crippen LogP contribution in [0.4, 0.5) is 17.2 Å². The molecule has 2 N–H and O–H groups in total. The van der Waals surface area contributed by atoms with Crippen molar-refractivity contribution in [2.45, 2.75) is 6.92 Å². The van der Waals surface area contributed by atoms with Crippen LogP contribution < -0.4 is 10.2 Å². The summed E-state index contributed by atoms with van der Waals surface area (Å²) < 4.78 is 5.41. The van der Waals surface area contributed by atoms with Crippen molar-refractivity contribution < 1.29 is 4.74 Å². The number of nitrogens with zero attached hydrogens (tertiary/aromatic N) is 4. The summed E-state index contributed by atoms with van der Waals surface area (Å²) in [7, 11) is 0. The molecule has 1 saturated heterocycles. The maximum atomic E-state index is 6.46. The minimum atomic E-state index is 0.618. The lowest BCUT2D eigenvalue weighted by Gasteiger charge is -2.28. The number of halogens is 1. The van der Waals surface area contributed by atoms with E-state index in [0.717, 1.165) is 60.1 Å². The first-order valence-electron chi connectivity index (χ1n) is 9.84. The normalized spacial score (nSPS) is 14.3. The summed E-state index contributed by atoms with van der Waals surface area (Å²) in [5.41, 5.74) is 5.43. The van der Waals surface area contributed by atoms with Gasteiger partial charge in [0.2, 0.25) is 0 Å². The number of ether oxygens (including phenoxy) is 1. The average Bonchev–Trinajstić information content (AvgIpc) is 3.19.